The number of anilines is 1. The van der Waals surface area contributed by atoms with Gasteiger partial charge < -0.3 is 9.42 Å². The van der Waals surface area contributed by atoms with E-state index >= 15 is 0 Å². The van der Waals surface area contributed by atoms with Crippen LogP contribution in [0.4, 0.5) is 5.82 Å². The molecule has 0 spiro atoms. The first-order valence-corrected chi connectivity index (χ1v) is 9.15. The minimum absolute atomic E-state index is 0.160. The van der Waals surface area contributed by atoms with E-state index in [1.54, 1.807) is 0 Å². The van der Waals surface area contributed by atoms with E-state index in [1.165, 1.54) is 25.7 Å². The molecule has 2 fully saturated rings. The average Bonchev–Trinajstić information content (AvgIpc) is 3.34. The first-order valence-electron chi connectivity index (χ1n) is 9.15. The molecule has 1 atom stereocenters. The zero-order valence-electron chi connectivity index (χ0n) is 14.5. The first-order chi connectivity index (χ1) is 11.7. The van der Waals surface area contributed by atoms with Gasteiger partial charge in [0.05, 0.1) is 6.04 Å². The van der Waals surface area contributed by atoms with Crippen molar-refractivity contribution in [2.75, 3.05) is 11.4 Å². The van der Waals surface area contributed by atoms with Gasteiger partial charge in [-0.2, -0.15) is 4.98 Å². The van der Waals surface area contributed by atoms with E-state index in [4.69, 9.17) is 9.51 Å². The molecule has 1 aliphatic heterocycles. The zero-order valence-corrected chi connectivity index (χ0v) is 14.5. The maximum Gasteiger partial charge on any atom is 0.229 e. The second-order valence-corrected chi connectivity index (χ2v) is 7.25. The molecule has 1 aliphatic carbocycles. The van der Waals surface area contributed by atoms with E-state index in [2.05, 4.69) is 33.9 Å². The Kier molecular flexibility index (Phi) is 4.21. The van der Waals surface area contributed by atoms with Crippen LogP contribution in [0.5, 0.6) is 0 Å². The van der Waals surface area contributed by atoms with Gasteiger partial charge in [0, 0.05) is 24.6 Å². The van der Waals surface area contributed by atoms with E-state index in [9.17, 15) is 0 Å². The Hall–Kier alpha value is -1.98. The third kappa shape index (κ3) is 2.89. The number of nitrogens with zero attached hydrogens (tertiary/aromatic N) is 5. The van der Waals surface area contributed by atoms with Gasteiger partial charge in [0.1, 0.15) is 11.6 Å². The Morgan fingerprint density at radius 2 is 1.92 bits per heavy atom. The third-order valence-corrected chi connectivity index (χ3v) is 5.18. The van der Waals surface area contributed by atoms with Crippen molar-refractivity contribution in [1.29, 1.82) is 0 Å². The van der Waals surface area contributed by atoms with Crippen LogP contribution >= 0.6 is 0 Å². The summed E-state index contributed by atoms with van der Waals surface area (Å²) < 4.78 is 5.41. The number of rotatable bonds is 4. The van der Waals surface area contributed by atoms with Crippen molar-refractivity contribution in [3.63, 3.8) is 0 Å². The number of aromatic nitrogens is 4. The molecule has 0 amide bonds. The lowest BCUT2D eigenvalue weighted by atomic mass is 10.1. The summed E-state index contributed by atoms with van der Waals surface area (Å²) in [6, 6.07) is 2.17. The normalized spacial score (nSPS) is 22.0. The van der Waals surface area contributed by atoms with Crippen molar-refractivity contribution in [3.8, 4) is 0 Å². The summed E-state index contributed by atoms with van der Waals surface area (Å²) in [5.41, 5.74) is 0. The third-order valence-electron chi connectivity index (χ3n) is 5.18. The maximum atomic E-state index is 5.41. The molecule has 24 heavy (non-hydrogen) atoms. The van der Waals surface area contributed by atoms with Crippen LogP contribution < -0.4 is 4.90 Å². The predicted octanol–water partition coefficient (Wildman–Crippen LogP) is 3.98. The Balaban J connectivity index is 1.59. The van der Waals surface area contributed by atoms with Gasteiger partial charge >= 0.3 is 0 Å². The highest BCUT2D eigenvalue weighted by Gasteiger charge is 2.32. The Labute approximate surface area is 142 Å². The number of hydrogen-bond acceptors (Lipinski definition) is 6. The molecule has 1 unspecified atom stereocenters. The van der Waals surface area contributed by atoms with Crippen molar-refractivity contribution in [1.82, 2.24) is 20.1 Å². The van der Waals surface area contributed by atoms with E-state index in [0.29, 0.717) is 11.8 Å². The standard InChI is InChI=1S/C18H25N5O/c1-12(2)18-21-17(22-24-18)14-8-5-11-23(14)15-9-10-19-16(20-15)13-6-3-4-7-13/h9-10,12-14H,3-8,11H2,1-2H3. The van der Waals surface area contributed by atoms with Crippen molar-refractivity contribution < 1.29 is 4.52 Å². The van der Waals surface area contributed by atoms with Crippen LogP contribution in [0.25, 0.3) is 0 Å². The van der Waals surface area contributed by atoms with Crippen molar-refractivity contribution in [2.24, 2.45) is 0 Å². The molecule has 0 bridgehead atoms. The largest absolute Gasteiger partial charge is 0.346 e. The van der Waals surface area contributed by atoms with E-state index in [-0.39, 0.29) is 12.0 Å². The van der Waals surface area contributed by atoms with Gasteiger partial charge in [-0.3, -0.25) is 0 Å². The highest BCUT2D eigenvalue weighted by molar-refractivity contribution is 5.41. The molecule has 2 aromatic rings. The minimum Gasteiger partial charge on any atom is -0.346 e. The molecule has 2 aliphatic rings. The number of hydrogen-bond donors (Lipinski definition) is 0. The van der Waals surface area contributed by atoms with Crippen LogP contribution in [-0.2, 0) is 0 Å². The van der Waals surface area contributed by atoms with Crippen molar-refractivity contribution in [2.45, 2.75) is 70.3 Å². The molecule has 0 aromatic carbocycles. The molecular formula is C18H25N5O. The predicted molar refractivity (Wildman–Crippen MR) is 90.9 cm³/mol. The van der Waals surface area contributed by atoms with Crippen molar-refractivity contribution in [3.05, 3.63) is 29.8 Å². The van der Waals surface area contributed by atoms with E-state index in [0.717, 1.165) is 36.9 Å². The quantitative estimate of drug-likeness (QED) is 0.846. The molecule has 6 nitrogen and oxygen atoms in total. The first kappa shape index (κ1) is 15.5. The molecule has 4 rings (SSSR count). The molecule has 3 heterocycles. The molecule has 1 saturated heterocycles. The summed E-state index contributed by atoms with van der Waals surface area (Å²) in [6.45, 7) is 5.13. The fourth-order valence-electron chi connectivity index (χ4n) is 3.83. The van der Waals surface area contributed by atoms with Crippen molar-refractivity contribution >= 4 is 5.82 Å². The Morgan fingerprint density at radius 1 is 1.08 bits per heavy atom. The molecule has 6 heteroatoms. The van der Waals surface area contributed by atoms with E-state index in [1.807, 2.05) is 12.3 Å². The van der Waals surface area contributed by atoms with Gasteiger partial charge in [-0.1, -0.05) is 31.8 Å². The topological polar surface area (TPSA) is 67.9 Å². The van der Waals surface area contributed by atoms with Crippen LogP contribution in [0.15, 0.2) is 16.8 Å². The van der Waals surface area contributed by atoms with Gasteiger partial charge in [0.15, 0.2) is 5.82 Å². The van der Waals surface area contributed by atoms with Crippen LogP contribution in [0, 0.1) is 0 Å². The summed E-state index contributed by atoms with van der Waals surface area (Å²) in [6.07, 6.45) is 9.10. The van der Waals surface area contributed by atoms with Gasteiger partial charge in [0.2, 0.25) is 5.89 Å². The lowest BCUT2D eigenvalue weighted by Crippen LogP contribution is -2.25. The zero-order chi connectivity index (χ0) is 16.5. The van der Waals surface area contributed by atoms with Crippen LogP contribution in [-0.4, -0.2) is 26.7 Å². The van der Waals surface area contributed by atoms with Gasteiger partial charge in [-0.05, 0) is 31.7 Å². The second kappa shape index (κ2) is 6.49. The summed E-state index contributed by atoms with van der Waals surface area (Å²) >= 11 is 0. The summed E-state index contributed by atoms with van der Waals surface area (Å²) in [4.78, 5) is 16.3. The SMILES string of the molecule is CC(C)c1nc(C2CCCN2c2ccnc(C3CCCC3)n2)no1. The molecule has 128 valence electrons. The molecule has 2 aromatic heterocycles. The fraction of sp³-hybridized carbons (Fsp3) is 0.667. The van der Waals surface area contributed by atoms with Gasteiger partial charge in [-0.25, -0.2) is 9.97 Å². The molecule has 0 N–H and O–H groups in total. The smallest absolute Gasteiger partial charge is 0.229 e. The lowest BCUT2D eigenvalue weighted by molar-refractivity contribution is 0.358. The average molecular weight is 327 g/mol. The maximum absolute atomic E-state index is 5.41. The monoisotopic (exact) mass is 327 g/mol. The highest BCUT2D eigenvalue weighted by Crippen LogP contribution is 2.36. The van der Waals surface area contributed by atoms with Crippen LogP contribution in [0.1, 0.15) is 87.8 Å². The Bertz CT molecular complexity index is 692. The highest BCUT2D eigenvalue weighted by atomic mass is 16.5. The minimum atomic E-state index is 0.160. The molecule has 1 saturated carbocycles. The molecule has 0 radical (unpaired) electrons. The van der Waals surface area contributed by atoms with Crippen LogP contribution in [0.2, 0.25) is 0 Å². The summed E-state index contributed by atoms with van der Waals surface area (Å²) in [7, 11) is 0. The van der Waals surface area contributed by atoms with E-state index < -0.39 is 0 Å². The van der Waals surface area contributed by atoms with Gasteiger partial charge in [0.25, 0.3) is 0 Å². The lowest BCUT2D eigenvalue weighted by Gasteiger charge is -2.24. The van der Waals surface area contributed by atoms with Gasteiger partial charge in [-0.15, -0.1) is 0 Å². The molecular weight excluding hydrogens is 302 g/mol. The Morgan fingerprint density at radius 3 is 2.67 bits per heavy atom. The second-order valence-electron chi connectivity index (χ2n) is 7.25. The van der Waals surface area contributed by atoms with Crippen LogP contribution in [0.3, 0.4) is 0 Å². The summed E-state index contributed by atoms with van der Waals surface area (Å²) in [5, 5.41) is 4.22. The fourth-order valence-corrected chi connectivity index (χ4v) is 3.83. The summed E-state index contributed by atoms with van der Waals surface area (Å²) in [5.74, 6) is 4.30.